The molecule has 0 amide bonds. The first-order chi connectivity index (χ1) is 15.6. The van der Waals surface area contributed by atoms with Gasteiger partial charge in [0.05, 0.1) is 19.7 Å². The number of ether oxygens (including phenoxy) is 2. The molecule has 4 rings (SSSR count). The first-order valence-electron chi connectivity index (χ1n) is 10.5. The van der Waals surface area contributed by atoms with Crippen LogP contribution in [0.1, 0.15) is 19.3 Å². The van der Waals surface area contributed by atoms with E-state index in [1.54, 1.807) is 20.4 Å². The van der Waals surface area contributed by atoms with E-state index >= 15 is 0 Å². The molecule has 1 aromatic carbocycles. The zero-order valence-electron chi connectivity index (χ0n) is 18.1. The molecule has 3 heterocycles. The smallest absolute Gasteiger partial charge is 0.180 e. The van der Waals surface area contributed by atoms with E-state index in [1.165, 1.54) is 0 Å². The van der Waals surface area contributed by atoms with Crippen molar-refractivity contribution in [2.75, 3.05) is 38.8 Å². The topological polar surface area (TPSA) is 113 Å². The highest BCUT2D eigenvalue weighted by molar-refractivity contribution is 7.77. The van der Waals surface area contributed by atoms with Gasteiger partial charge in [0, 0.05) is 48.6 Å². The second-order valence-electron chi connectivity index (χ2n) is 7.66. The maximum atomic E-state index is 10.7. The van der Waals surface area contributed by atoms with Crippen LogP contribution in [0, 0.1) is 5.92 Å². The van der Waals surface area contributed by atoms with Crippen LogP contribution in [-0.2, 0) is 11.3 Å². The summed E-state index contributed by atoms with van der Waals surface area (Å²) in [6.45, 7) is 2.12. The van der Waals surface area contributed by atoms with Gasteiger partial charge in [-0.3, -0.25) is 9.19 Å². The number of hydrogen-bond acceptors (Lipinski definition) is 8. The summed E-state index contributed by atoms with van der Waals surface area (Å²) in [6.07, 6.45) is 4.48. The van der Waals surface area contributed by atoms with Gasteiger partial charge < -0.3 is 18.9 Å². The predicted octanol–water partition coefficient (Wildman–Crippen LogP) is 2.70. The molecule has 2 aromatic heterocycles. The molecule has 32 heavy (non-hydrogen) atoms. The van der Waals surface area contributed by atoms with Gasteiger partial charge in [-0.15, -0.1) is 0 Å². The lowest BCUT2D eigenvalue weighted by Crippen LogP contribution is -2.35. The largest absolute Gasteiger partial charge is 0.760 e. The molecule has 10 heteroatoms. The van der Waals surface area contributed by atoms with Crippen LogP contribution in [0.15, 0.2) is 36.5 Å². The van der Waals surface area contributed by atoms with Crippen LogP contribution in [0.5, 0.6) is 11.5 Å². The molecule has 170 valence electrons. The number of nitrogens with one attached hydrogen (secondary N) is 1. The Bertz CT molecular complexity index is 1090. The van der Waals surface area contributed by atoms with Gasteiger partial charge in [-0.25, -0.2) is 14.7 Å². The Labute approximate surface area is 189 Å². The number of aromatic nitrogens is 3. The summed E-state index contributed by atoms with van der Waals surface area (Å²) in [7, 11) is 3.22. The van der Waals surface area contributed by atoms with Crippen LogP contribution in [0.2, 0.25) is 0 Å². The lowest BCUT2D eigenvalue weighted by molar-refractivity contribution is 0.355. The Morgan fingerprint density at radius 2 is 1.91 bits per heavy atom. The van der Waals surface area contributed by atoms with Gasteiger partial charge in [0.15, 0.2) is 17.3 Å². The highest BCUT2D eigenvalue weighted by atomic mass is 32.2. The Morgan fingerprint density at radius 1 is 1.16 bits per heavy atom. The SMILES string of the molecule is COc1cc2nc(-c3ccccn3)nc(N3CCC(CCNS(=O)[O-])CC3)c2cc1OC. The zero-order chi connectivity index (χ0) is 22.5. The lowest BCUT2D eigenvalue weighted by Gasteiger charge is -2.33. The summed E-state index contributed by atoms with van der Waals surface area (Å²) >= 11 is -2.20. The third kappa shape index (κ3) is 4.98. The molecule has 0 spiro atoms. The van der Waals surface area contributed by atoms with Gasteiger partial charge in [0.1, 0.15) is 11.5 Å². The number of fused-ring (bicyclic) bond motifs is 1. The predicted molar refractivity (Wildman–Crippen MR) is 122 cm³/mol. The van der Waals surface area contributed by atoms with Crippen LogP contribution in [0.3, 0.4) is 0 Å². The summed E-state index contributed by atoms with van der Waals surface area (Å²) in [5, 5.41) is 0.893. The minimum Gasteiger partial charge on any atom is -0.760 e. The van der Waals surface area contributed by atoms with Gasteiger partial charge in [-0.1, -0.05) is 6.07 Å². The van der Waals surface area contributed by atoms with Crippen molar-refractivity contribution in [2.24, 2.45) is 5.92 Å². The molecule has 0 bridgehead atoms. The summed E-state index contributed by atoms with van der Waals surface area (Å²) in [5.41, 5.74) is 1.47. The Hall–Kier alpha value is -2.82. The molecule has 1 unspecified atom stereocenters. The van der Waals surface area contributed by atoms with Gasteiger partial charge in [-0.2, -0.15) is 0 Å². The Balaban J connectivity index is 1.67. The highest BCUT2D eigenvalue weighted by Crippen LogP contribution is 2.37. The summed E-state index contributed by atoms with van der Waals surface area (Å²) in [6, 6.07) is 9.46. The van der Waals surface area contributed by atoms with E-state index in [0.29, 0.717) is 35.5 Å². The van der Waals surface area contributed by atoms with Gasteiger partial charge in [0.2, 0.25) is 0 Å². The number of methoxy groups -OCH3 is 2. The van der Waals surface area contributed by atoms with Crippen molar-refractivity contribution in [3.05, 3.63) is 36.5 Å². The molecule has 1 N–H and O–H groups in total. The second-order valence-corrected chi connectivity index (χ2v) is 8.42. The number of pyridine rings is 1. The molecule has 1 aliphatic rings. The number of benzene rings is 1. The number of rotatable bonds is 8. The molecule has 0 saturated carbocycles. The van der Waals surface area contributed by atoms with Crippen molar-refractivity contribution in [3.8, 4) is 23.0 Å². The third-order valence-electron chi connectivity index (χ3n) is 5.76. The monoisotopic (exact) mass is 456 g/mol. The lowest BCUT2D eigenvalue weighted by atomic mass is 9.93. The average molecular weight is 457 g/mol. The standard InChI is InChI=1S/C22H27N5O4S/c1-30-19-13-16-18(14-20(19)31-2)25-21(17-5-3-4-9-23-17)26-22(16)27-11-7-15(8-12-27)6-10-24-32(28)29/h3-5,9,13-15,24H,6-8,10-12H2,1-2H3,(H,28,29)/p-1. The molecule has 3 aromatic rings. The summed E-state index contributed by atoms with van der Waals surface area (Å²) in [5.74, 6) is 3.11. The van der Waals surface area contributed by atoms with Crippen molar-refractivity contribution in [1.82, 2.24) is 19.7 Å². The second kappa shape index (κ2) is 10.2. The normalized spacial score (nSPS) is 15.7. The number of piperidine rings is 1. The maximum Gasteiger partial charge on any atom is 0.180 e. The van der Waals surface area contributed by atoms with Crippen LogP contribution in [-0.4, -0.2) is 57.6 Å². The molecule has 0 aliphatic carbocycles. The number of hydrogen-bond donors (Lipinski definition) is 1. The van der Waals surface area contributed by atoms with E-state index in [2.05, 4.69) is 14.6 Å². The van der Waals surface area contributed by atoms with E-state index in [1.807, 2.05) is 30.3 Å². The van der Waals surface area contributed by atoms with E-state index in [9.17, 15) is 8.76 Å². The van der Waals surface area contributed by atoms with Crippen molar-refractivity contribution in [2.45, 2.75) is 19.3 Å². The van der Waals surface area contributed by atoms with Crippen molar-refractivity contribution >= 4 is 28.0 Å². The minimum atomic E-state index is -2.20. The van der Waals surface area contributed by atoms with Gasteiger partial charge in [-0.05, 0) is 43.4 Å². The molecule has 9 nitrogen and oxygen atoms in total. The van der Waals surface area contributed by atoms with Crippen LogP contribution >= 0.6 is 0 Å². The molecular formula is C22H26N5O4S-. The van der Waals surface area contributed by atoms with Crippen molar-refractivity contribution < 1.29 is 18.2 Å². The van der Waals surface area contributed by atoms with Crippen LogP contribution in [0.25, 0.3) is 22.4 Å². The number of anilines is 1. The maximum absolute atomic E-state index is 10.7. The molecule has 1 aliphatic heterocycles. The Morgan fingerprint density at radius 3 is 2.56 bits per heavy atom. The molecule has 1 saturated heterocycles. The first-order valence-corrected chi connectivity index (χ1v) is 11.6. The van der Waals surface area contributed by atoms with Gasteiger partial charge >= 0.3 is 0 Å². The molecule has 0 radical (unpaired) electrons. The van der Waals surface area contributed by atoms with Crippen LogP contribution < -0.4 is 19.1 Å². The summed E-state index contributed by atoms with van der Waals surface area (Å²) in [4.78, 5) is 16.3. The minimum absolute atomic E-state index is 0.470. The number of nitrogens with zero attached hydrogens (tertiary/aromatic N) is 4. The van der Waals surface area contributed by atoms with E-state index in [-0.39, 0.29) is 0 Å². The zero-order valence-corrected chi connectivity index (χ0v) is 18.9. The van der Waals surface area contributed by atoms with E-state index < -0.39 is 11.3 Å². The van der Waals surface area contributed by atoms with Crippen molar-refractivity contribution in [3.63, 3.8) is 0 Å². The highest BCUT2D eigenvalue weighted by Gasteiger charge is 2.24. The summed E-state index contributed by atoms with van der Waals surface area (Å²) < 4.78 is 34.8. The fraction of sp³-hybridized carbons (Fsp3) is 0.409. The molecule has 1 atom stereocenters. The fourth-order valence-corrected chi connectivity index (χ4v) is 4.35. The fourth-order valence-electron chi connectivity index (χ4n) is 4.07. The van der Waals surface area contributed by atoms with Gasteiger partial charge in [0.25, 0.3) is 0 Å². The van der Waals surface area contributed by atoms with Crippen LogP contribution in [0.4, 0.5) is 5.82 Å². The Kier molecular flexibility index (Phi) is 7.13. The third-order valence-corrected chi connectivity index (χ3v) is 6.20. The quantitative estimate of drug-likeness (QED) is 0.515. The van der Waals surface area contributed by atoms with E-state index in [4.69, 9.17) is 19.4 Å². The van der Waals surface area contributed by atoms with E-state index in [0.717, 1.165) is 49.1 Å². The molecule has 1 fully saturated rings. The first kappa shape index (κ1) is 22.4. The van der Waals surface area contributed by atoms with Crippen molar-refractivity contribution in [1.29, 1.82) is 0 Å². The molecular weight excluding hydrogens is 430 g/mol. The average Bonchev–Trinajstić information content (AvgIpc) is 2.83.